The minimum absolute atomic E-state index is 0.101. The topological polar surface area (TPSA) is 72.2 Å². The molecule has 4 nitrogen and oxygen atoms in total. The summed E-state index contributed by atoms with van der Waals surface area (Å²) in [4.78, 5) is 0.268. The number of sulfonamides is 1. The van der Waals surface area contributed by atoms with Gasteiger partial charge in [0.15, 0.2) is 0 Å². The van der Waals surface area contributed by atoms with Crippen molar-refractivity contribution in [1.29, 1.82) is 0 Å². The van der Waals surface area contributed by atoms with Gasteiger partial charge in [-0.2, -0.15) is 0 Å². The van der Waals surface area contributed by atoms with E-state index in [4.69, 9.17) is 5.73 Å². The minimum Gasteiger partial charge on any atom is -0.398 e. The van der Waals surface area contributed by atoms with E-state index in [1.54, 1.807) is 19.1 Å². The largest absolute Gasteiger partial charge is 0.398 e. The van der Waals surface area contributed by atoms with Crippen molar-refractivity contribution in [2.45, 2.75) is 39.5 Å². The summed E-state index contributed by atoms with van der Waals surface area (Å²) < 4.78 is 27.1. The molecule has 0 aliphatic heterocycles. The maximum Gasteiger partial charge on any atom is 0.240 e. The Kier molecular flexibility index (Phi) is 4.08. The van der Waals surface area contributed by atoms with Gasteiger partial charge in [-0.3, -0.25) is 0 Å². The molecule has 0 spiro atoms. The Morgan fingerprint density at radius 2 is 1.78 bits per heavy atom. The van der Waals surface area contributed by atoms with Crippen LogP contribution in [0.15, 0.2) is 17.0 Å². The van der Waals surface area contributed by atoms with Crippen LogP contribution < -0.4 is 10.5 Å². The van der Waals surface area contributed by atoms with Gasteiger partial charge in [0.25, 0.3) is 0 Å². The molecule has 0 aromatic heterocycles. The van der Waals surface area contributed by atoms with Gasteiger partial charge in [0.2, 0.25) is 10.0 Å². The fourth-order valence-corrected chi connectivity index (χ4v) is 3.16. The van der Waals surface area contributed by atoms with Gasteiger partial charge in [-0.1, -0.05) is 20.8 Å². The normalized spacial score (nSPS) is 12.7. The van der Waals surface area contributed by atoms with Crippen LogP contribution in [0.4, 0.5) is 5.69 Å². The number of nitrogens with two attached hydrogens (primary N) is 1. The summed E-state index contributed by atoms with van der Waals surface area (Å²) in [5.41, 5.74) is 7.65. The second kappa shape index (κ2) is 4.90. The van der Waals surface area contributed by atoms with Gasteiger partial charge < -0.3 is 5.73 Å². The first-order chi connectivity index (χ1) is 8.03. The highest BCUT2D eigenvalue weighted by Crippen LogP contribution is 2.23. The van der Waals surface area contributed by atoms with Crippen molar-refractivity contribution in [3.8, 4) is 0 Å². The first-order valence-electron chi connectivity index (χ1n) is 5.89. The van der Waals surface area contributed by atoms with Crippen LogP contribution in [0.5, 0.6) is 0 Å². The van der Waals surface area contributed by atoms with Crippen LogP contribution in [0.1, 0.15) is 31.9 Å². The molecule has 0 bridgehead atoms. The molecule has 1 aromatic carbocycles. The van der Waals surface area contributed by atoms with Gasteiger partial charge in [0.1, 0.15) is 0 Å². The average molecular weight is 270 g/mol. The van der Waals surface area contributed by atoms with E-state index < -0.39 is 10.0 Å². The van der Waals surface area contributed by atoms with Gasteiger partial charge in [0, 0.05) is 12.2 Å². The Labute approximate surface area is 110 Å². The molecule has 1 rings (SSSR count). The predicted molar refractivity (Wildman–Crippen MR) is 75.0 cm³/mol. The predicted octanol–water partition coefficient (Wildman–Crippen LogP) is 2.21. The van der Waals surface area contributed by atoms with E-state index in [-0.39, 0.29) is 10.3 Å². The molecule has 0 heterocycles. The van der Waals surface area contributed by atoms with Crippen molar-refractivity contribution in [1.82, 2.24) is 4.72 Å². The molecule has 3 N–H and O–H groups in total. The third-order valence-electron chi connectivity index (χ3n) is 2.63. The number of benzene rings is 1. The van der Waals surface area contributed by atoms with E-state index >= 15 is 0 Å². The summed E-state index contributed by atoms with van der Waals surface area (Å²) in [6, 6.07) is 3.43. The Hall–Kier alpha value is -1.07. The highest BCUT2D eigenvalue weighted by Gasteiger charge is 2.21. The van der Waals surface area contributed by atoms with E-state index in [1.807, 2.05) is 27.7 Å². The zero-order valence-electron chi connectivity index (χ0n) is 11.7. The van der Waals surface area contributed by atoms with E-state index in [0.717, 1.165) is 5.56 Å². The second-order valence-corrected chi connectivity index (χ2v) is 7.60. The quantitative estimate of drug-likeness (QED) is 0.827. The summed E-state index contributed by atoms with van der Waals surface area (Å²) in [6.45, 7) is 9.88. The molecular formula is C13H22N2O2S. The Balaban J connectivity index is 3.13. The van der Waals surface area contributed by atoms with Crippen LogP contribution >= 0.6 is 0 Å². The van der Waals surface area contributed by atoms with Gasteiger partial charge in [-0.05, 0) is 42.5 Å². The van der Waals surface area contributed by atoms with Crippen LogP contribution in [0.25, 0.3) is 0 Å². The first kappa shape index (κ1) is 15.0. The summed E-state index contributed by atoms with van der Waals surface area (Å²) in [7, 11) is -3.50. The van der Waals surface area contributed by atoms with Crippen molar-refractivity contribution in [3.05, 3.63) is 23.3 Å². The molecular weight excluding hydrogens is 248 g/mol. The Bertz CT molecular complexity index is 543. The Morgan fingerprint density at radius 3 is 2.28 bits per heavy atom. The number of anilines is 1. The number of aryl methyl sites for hydroxylation is 1. The third-order valence-corrected chi connectivity index (χ3v) is 4.15. The van der Waals surface area contributed by atoms with Crippen LogP contribution in [0, 0.1) is 19.3 Å². The smallest absolute Gasteiger partial charge is 0.240 e. The van der Waals surface area contributed by atoms with Gasteiger partial charge in [-0.25, -0.2) is 13.1 Å². The number of hydrogen-bond acceptors (Lipinski definition) is 3. The molecule has 0 aliphatic rings. The van der Waals surface area contributed by atoms with Gasteiger partial charge >= 0.3 is 0 Å². The monoisotopic (exact) mass is 270 g/mol. The first-order valence-corrected chi connectivity index (χ1v) is 7.38. The molecule has 0 unspecified atom stereocenters. The standard InChI is InChI=1S/C13H22N2O2S/c1-9-6-11(14)10(2)12(7-9)18(16,17)15-8-13(3,4)5/h6-7,15H,8,14H2,1-5H3. The zero-order chi connectivity index (χ0) is 14.1. The van der Waals surface area contributed by atoms with Crippen LogP contribution in [-0.4, -0.2) is 15.0 Å². The number of nitrogens with one attached hydrogen (secondary N) is 1. The van der Waals surface area contributed by atoms with Crippen molar-refractivity contribution >= 4 is 15.7 Å². The molecule has 0 atom stereocenters. The van der Waals surface area contributed by atoms with Crippen molar-refractivity contribution in [3.63, 3.8) is 0 Å². The molecule has 18 heavy (non-hydrogen) atoms. The number of nitrogen functional groups attached to an aromatic ring is 1. The van der Waals surface area contributed by atoms with E-state index in [2.05, 4.69) is 4.72 Å². The van der Waals surface area contributed by atoms with Crippen LogP contribution in [-0.2, 0) is 10.0 Å². The lowest BCUT2D eigenvalue weighted by Crippen LogP contribution is -2.32. The lowest BCUT2D eigenvalue weighted by molar-refractivity contribution is 0.407. The highest BCUT2D eigenvalue weighted by atomic mass is 32.2. The van der Waals surface area contributed by atoms with Gasteiger partial charge in [0.05, 0.1) is 4.90 Å². The molecule has 0 radical (unpaired) electrons. The molecule has 1 aromatic rings. The number of hydrogen-bond donors (Lipinski definition) is 2. The SMILES string of the molecule is Cc1cc(N)c(C)c(S(=O)(=O)NCC(C)(C)C)c1. The summed E-state index contributed by atoms with van der Waals surface area (Å²) in [5, 5.41) is 0. The van der Waals surface area contributed by atoms with E-state index in [1.165, 1.54) is 0 Å². The zero-order valence-corrected chi connectivity index (χ0v) is 12.5. The molecule has 5 heteroatoms. The number of rotatable bonds is 3. The van der Waals surface area contributed by atoms with Crippen molar-refractivity contribution < 1.29 is 8.42 Å². The molecule has 102 valence electrons. The fraction of sp³-hybridized carbons (Fsp3) is 0.538. The second-order valence-electron chi connectivity index (χ2n) is 5.86. The lowest BCUT2D eigenvalue weighted by Gasteiger charge is -2.19. The van der Waals surface area contributed by atoms with Crippen LogP contribution in [0.3, 0.4) is 0 Å². The summed E-state index contributed by atoms with van der Waals surface area (Å²) in [5.74, 6) is 0. The van der Waals surface area contributed by atoms with Gasteiger partial charge in [-0.15, -0.1) is 0 Å². The third kappa shape index (κ3) is 3.71. The lowest BCUT2D eigenvalue weighted by atomic mass is 9.98. The van der Waals surface area contributed by atoms with E-state index in [9.17, 15) is 8.42 Å². The highest BCUT2D eigenvalue weighted by molar-refractivity contribution is 7.89. The summed E-state index contributed by atoms with van der Waals surface area (Å²) >= 11 is 0. The maximum absolute atomic E-state index is 12.2. The molecule has 0 amide bonds. The molecule has 0 fully saturated rings. The summed E-state index contributed by atoms with van der Waals surface area (Å²) in [6.07, 6.45) is 0. The minimum atomic E-state index is -3.50. The molecule has 0 saturated heterocycles. The van der Waals surface area contributed by atoms with Crippen molar-refractivity contribution in [2.24, 2.45) is 5.41 Å². The Morgan fingerprint density at radius 1 is 1.22 bits per heavy atom. The van der Waals surface area contributed by atoms with Crippen molar-refractivity contribution in [2.75, 3.05) is 12.3 Å². The maximum atomic E-state index is 12.2. The molecule has 0 saturated carbocycles. The fourth-order valence-electron chi connectivity index (χ4n) is 1.52. The average Bonchev–Trinajstić information content (AvgIpc) is 2.19. The molecule has 0 aliphatic carbocycles. The van der Waals surface area contributed by atoms with E-state index in [0.29, 0.717) is 17.8 Å². The van der Waals surface area contributed by atoms with Crippen LogP contribution in [0.2, 0.25) is 0 Å².